The zero-order chi connectivity index (χ0) is 20.4. The van der Waals surface area contributed by atoms with Crippen LogP contribution in [0.5, 0.6) is 0 Å². The molecule has 1 amide bonds. The molecule has 6 nitrogen and oxygen atoms in total. The van der Waals surface area contributed by atoms with E-state index in [-0.39, 0.29) is 17.2 Å². The number of carbonyl (C=O) groups excluding carboxylic acids is 1. The van der Waals surface area contributed by atoms with E-state index in [1.54, 1.807) is 0 Å². The molecular formula is C21H22ClN5OS. The van der Waals surface area contributed by atoms with E-state index in [9.17, 15) is 4.79 Å². The summed E-state index contributed by atoms with van der Waals surface area (Å²) in [6.45, 7) is 5.33. The van der Waals surface area contributed by atoms with Gasteiger partial charge in [0.05, 0.1) is 6.04 Å². The first-order valence-electron chi connectivity index (χ1n) is 9.60. The van der Waals surface area contributed by atoms with Crippen molar-refractivity contribution in [2.45, 2.75) is 30.3 Å². The van der Waals surface area contributed by atoms with Crippen LogP contribution in [-0.2, 0) is 4.79 Å². The highest BCUT2D eigenvalue weighted by atomic mass is 35.5. The SMILES string of the molecule is CCN(CC)C(=O)[C@@H]1Sc2nnc(-c3ccccc3)n2N[C@@H]1c1ccc(Cl)cc1. The van der Waals surface area contributed by atoms with E-state index in [0.29, 0.717) is 23.3 Å². The molecule has 3 aromatic rings. The Kier molecular flexibility index (Phi) is 5.78. The van der Waals surface area contributed by atoms with Crippen LogP contribution in [-0.4, -0.2) is 44.0 Å². The summed E-state index contributed by atoms with van der Waals surface area (Å²) in [4.78, 5) is 15.1. The Balaban J connectivity index is 1.76. The van der Waals surface area contributed by atoms with Crippen LogP contribution in [0.3, 0.4) is 0 Å². The van der Waals surface area contributed by atoms with E-state index in [1.165, 1.54) is 11.8 Å². The Hall–Kier alpha value is -2.51. The van der Waals surface area contributed by atoms with Crippen molar-refractivity contribution >= 4 is 29.3 Å². The monoisotopic (exact) mass is 427 g/mol. The minimum Gasteiger partial charge on any atom is -0.342 e. The van der Waals surface area contributed by atoms with Gasteiger partial charge < -0.3 is 10.3 Å². The number of hydrogen-bond donors (Lipinski definition) is 1. The van der Waals surface area contributed by atoms with Gasteiger partial charge in [-0.05, 0) is 31.5 Å². The van der Waals surface area contributed by atoms with Crippen molar-refractivity contribution in [3.8, 4) is 11.4 Å². The predicted molar refractivity (Wildman–Crippen MR) is 117 cm³/mol. The fraction of sp³-hybridized carbons (Fsp3) is 0.286. The molecule has 2 heterocycles. The fourth-order valence-corrected chi connectivity index (χ4v) is 4.74. The normalized spacial score (nSPS) is 18.0. The van der Waals surface area contributed by atoms with Gasteiger partial charge in [0.15, 0.2) is 5.82 Å². The molecule has 4 rings (SSSR count). The highest BCUT2D eigenvalue weighted by molar-refractivity contribution is 8.00. The van der Waals surface area contributed by atoms with Crippen molar-refractivity contribution in [3.05, 3.63) is 65.2 Å². The van der Waals surface area contributed by atoms with Gasteiger partial charge >= 0.3 is 0 Å². The number of aromatic nitrogens is 3. The third-order valence-electron chi connectivity index (χ3n) is 5.02. The van der Waals surface area contributed by atoms with Crippen molar-refractivity contribution in [2.24, 2.45) is 0 Å². The summed E-state index contributed by atoms with van der Waals surface area (Å²) < 4.78 is 1.88. The zero-order valence-electron chi connectivity index (χ0n) is 16.2. The van der Waals surface area contributed by atoms with Gasteiger partial charge in [-0.3, -0.25) is 4.79 Å². The highest BCUT2D eigenvalue weighted by Crippen LogP contribution is 2.39. The number of halogens is 1. The second-order valence-corrected chi connectivity index (χ2v) is 8.26. The number of nitrogens with one attached hydrogen (secondary N) is 1. The summed E-state index contributed by atoms with van der Waals surface area (Å²) in [5.74, 6) is 0.809. The van der Waals surface area contributed by atoms with Gasteiger partial charge in [-0.25, -0.2) is 4.68 Å². The summed E-state index contributed by atoms with van der Waals surface area (Å²) in [5.41, 5.74) is 5.45. The highest BCUT2D eigenvalue weighted by Gasteiger charge is 2.39. The van der Waals surface area contributed by atoms with Crippen LogP contribution >= 0.6 is 23.4 Å². The van der Waals surface area contributed by atoms with Gasteiger partial charge in [0, 0.05) is 23.7 Å². The van der Waals surface area contributed by atoms with Gasteiger partial charge in [-0.15, -0.1) is 10.2 Å². The van der Waals surface area contributed by atoms with Crippen molar-refractivity contribution in [2.75, 3.05) is 18.5 Å². The predicted octanol–water partition coefficient (Wildman–Crippen LogP) is 4.23. The molecule has 0 aliphatic carbocycles. The van der Waals surface area contributed by atoms with Crippen LogP contribution in [0, 0.1) is 0 Å². The van der Waals surface area contributed by atoms with E-state index in [1.807, 2.05) is 78.0 Å². The standard InChI is InChI=1S/C21H22ClN5OS/c1-3-26(4-2)20(28)18-17(14-10-12-16(22)13-11-14)25-27-19(23-24-21(27)29-18)15-8-6-5-7-9-15/h5-13,17-18,25H,3-4H2,1-2H3/t17-,18-/m1/s1. The van der Waals surface area contributed by atoms with E-state index < -0.39 is 0 Å². The lowest BCUT2D eigenvalue weighted by Gasteiger charge is -2.35. The number of carbonyl (C=O) groups is 1. The maximum Gasteiger partial charge on any atom is 0.238 e. The molecule has 29 heavy (non-hydrogen) atoms. The lowest BCUT2D eigenvalue weighted by Crippen LogP contribution is -2.46. The second kappa shape index (κ2) is 8.47. The fourth-order valence-electron chi connectivity index (χ4n) is 3.45. The van der Waals surface area contributed by atoms with Crippen molar-refractivity contribution in [1.29, 1.82) is 0 Å². The number of rotatable bonds is 5. The molecule has 0 spiro atoms. The number of nitrogens with zero attached hydrogens (tertiary/aromatic N) is 4. The first-order chi connectivity index (χ1) is 14.1. The van der Waals surface area contributed by atoms with E-state index >= 15 is 0 Å². The molecule has 150 valence electrons. The Morgan fingerprint density at radius 2 is 1.79 bits per heavy atom. The molecule has 0 unspecified atom stereocenters. The van der Waals surface area contributed by atoms with Gasteiger partial charge in [0.2, 0.25) is 11.1 Å². The quantitative estimate of drug-likeness (QED) is 0.660. The third-order valence-corrected chi connectivity index (χ3v) is 6.47. The number of fused-ring (bicyclic) bond motifs is 1. The lowest BCUT2D eigenvalue weighted by atomic mass is 10.0. The van der Waals surface area contributed by atoms with Crippen molar-refractivity contribution < 1.29 is 4.79 Å². The summed E-state index contributed by atoms with van der Waals surface area (Å²) in [6.07, 6.45) is 0. The maximum absolute atomic E-state index is 13.3. The van der Waals surface area contributed by atoms with Crippen LogP contribution in [0.15, 0.2) is 59.8 Å². The maximum atomic E-state index is 13.3. The molecule has 0 saturated carbocycles. The topological polar surface area (TPSA) is 63.1 Å². The zero-order valence-corrected chi connectivity index (χ0v) is 17.8. The molecule has 1 aliphatic heterocycles. The summed E-state index contributed by atoms with van der Waals surface area (Å²) >= 11 is 7.54. The minimum atomic E-state index is -0.351. The Labute approximate surface area is 179 Å². The first-order valence-corrected chi connectivity index (χ1v) is 10.9. The molecule has 1 aliphatic rings. The molecule has 0 bridgehead atoms. The molecular weight excluding hydrogens is 406 g/mol. The molecule has 1 aromatic heterocycles. The van der Waals surface area contributed by atoms with E-state index in [0.717, 1.165) is 17.0 Å². The molecule has 2 aromatic carbocycles. The smallest absolute Gasteiger partial charge is 0.238 e. The van der Waals surface area contributed by atoms with Crippen molar-refractivity contribution in [1.82, 2.24) is 19.8 Å². The molecule has 0 radical (unpaired) electrons. The van der Waals surface area contributed by atoms with Crippen LogP contribution in [0.4, 0.5) is 0 Å². The Morgan fingerprint density at radius 3 is 2.45 bits per heavy atom. The molecule has 0 saturated heterocycles. The largest absolute Gasteiger partial charge is 0.342 e. The van der Waals surface area contributed by atoms with Crippen LogP contribution in [0.2, 0.25) is 5.02 Å². The van der Waals surface area contributed by atoms with Gasteiger partial charge in [0.1, 0.15) is 5.25 Å². The van der Waals surface area contributed by atoms with Gasteiger partial charge in [0.25, 0.3) is 0 Å². The van der Waals surface area contributed by atoms with Crippen LogP contribution < -0.4 is 5.43 Å². The molecule has 2 atom stereocenters. The van der Waals surface area contributed by atoms with E-state index in [2.05, 4.69) is 15.6 Å². The number of amides is 1. The van der Waals surface area contributed by atoms with Crippen LogP contribution in [0.25, 0.3) is 11.4 Å². The average Bonchev–Trinajstić information content (AvgIpc) is 3.18. The molecule has 1 N–H and O–H groups in total. The summed E-state index contributed by atoms with van der Waals surface area (Å²) in [7, 11) is 0. The summed E-state index contributed by atoms with van der Waals surface area (Å²) in [5, 5.41) is 9.71. The number of hydrogen-bond acceptors (Lipinski definition) is 5. The van der Waals surface area contributed by atoms with Gasteiger partial charge in [-0.1, -0.05) is 65.8 Å². The lowest BCUT2D eigenvalue weighted by molar-refractivity contribution is -0.130. The van der Waals surface area contributed by atoms with Gasteiger partial charge in [-0.2, -0.15) is 0 Å². The number of thioether (sulfide) groups is 1. The molecule has 8 heteroatoms. The second-order valence-electron chi connectivity index (χ2n) is 6.71. The minimum absolute atomic E-state index is 0.0861. The van der Waals surface area contributed by atoms with Crippen molar-refractivity contribution in [3.63, 3.8) is 0 Å². The van der Waals surface area contributed by atoms with E-state index in [4.69, 9.17) is 11.6 Å². The number of benzene rings is 2. The summed E-state index contributed by atoms with van der Waals surface area (Å²) in [6, 6.07) is 17.3. The molecule has 0 fully saturated rings. The third kappa shape index (κ3) is 3.84. The Morgan fingerprint density at radius 1 is 1.10 bits per heavy atom. The Bertz CT molecular complexity index is 988. The van der Waals surface area contributed by atoms with Crippen LogP contribution in [0.1, 0.15) is 25.5 Å². The first kappa shape index (κ1) is 19.8. The average molecular weight is 428 g/mol.